The standard InChI is InChI=1S/C17H21NO/c1-14(2)13-19-18-12-15-8-10-17(11-9-15)16-6-4-3-5-7-16/h3-11,14,18H,12-13H2,1-2H3. The molecule has 0 fully saturated rings. The van der Waals surface area contributed by atoms with Crippen molar-refractivity contribution in [3.05, 3.63) is 60.2 Å². The molecule has 0 amide bonds. The van der Waals surface area contributed by atoms with Crippen molar-refractivity contribution in [2.75, 3.05) is 6.61 Å². The van der Waals surface area contributed by atoms with Crippen molar-refractivity contribution in [2.24, 2.45) is 5.92 Å². The average Bonchev–Trinajstić information content (AvgIpc) is 2.45. The molecule has 0 unspecified atom stereocenters. The summed E-state index contributed by atoms with van der Waals surface area (Å²) in [6.07, 6.45) is 0. The van der Waals surface area contributed by atoms with E-state index in [0.717, 1.165) is 13.2 Å². The van der Waals surface area contributed by atoms with Gasteiger partial charge in [0.25, 0.3) is 0 Å². The molecular weight excluding hydrogens is 234 g/mol. The maximum atomic E-state index is 5.36. The summed E-state index contributed by atoms with van der Waals surface area (Å²) in [4.78, 5) is 5.36. The third kappa shape index (κ3) is 4.51. The Balaban J connectivity index is 1.88. The summed E-state index contributed by atoms with van der Waals surface area (Å²) in [6, 6.07) is 19.0. The van der Waals surface area contributed by atoms with Gasteiger partial charge in [0.05, 0.1) is 6.61 Å². The Bertz CT molecular complexity index is 476. The average molecular weight is 255 g/mol. The summed E-state index contributed by atoms with van der Waals surface area (Å²) >= 11 is 0. The first kappa shape index (κ1) is 13.8. The van der Waals surface area contributed by atoms with E-state index in [1.807, 2.05) is 6.07 Å². The summed E-state index contributed by atoms with van der Waals surface area (Å²) in [6.45, 7) is 5.75. The van der Waals surface area contributed by atoms with Crippen molar-refractivity contribution >= 4 is 0 Å². The van der Waals surface area contributed by atoms with Crippen LogP contribution in [-0.2, 0) is 11.4 Å². The summed E-state index contributed by atoms with van der Waals surface area (Å²) in [5.41, 5.74) is 6.71. The molecule has 0 saturated carbocycles. The first-order valence-corrected chi connectivity index (χ1v) is 6.74. The van der Waals surface area contributed by atoms with Crippen molar-refractivity contribution in [3.8, 4) is 11.1 Å². The van der Waals surface area contributed by atoms with Gasteiger partial charge in [-0.05, 0) is 22.6 Å². The molecular formula is C17H21NO. The van der Waals surface area contributed by atoms with E-state index in [1.165, 1.54) is 16.7 Å². The van der Waals surface area contributed by atoms with Crippen LogP contribution in [-0.4, -0.2) is 6.61 Å². The largest absolute Gasteiger partial charge is 0.301 e. The molecule has 2 nitrogen and oxygen atoms in total. The van der Waals surface area contributed by atoms with Crippen LogP contribution in [0.25, 0.3) is 11.1 Å². The van der Waals surface area contributed by atoms with Gasteiger partial charge >= 0.3 is 0 Å². The third-order valence-electron chi connectivity index (χ3n) is 2.86. The van der Waals surface area contributed by atoms with Gasteiger partial charge in [-0.2, -0.15) is 5.48 Å². The monoisotopic (exact) mass is 255 g/mol. The fourth-order valence-electron chi connectivity index (χ4n) is 1.81. The Kier molecular flexibility index (Phi) is 5.13. The van der Waals surface area contributed by atoms with Gasteiger partial charge in [0.1, 0.15) is 0 Å². The molecule has 0 aromatic heterocycles. The van der Waals surface area contributed by atoms with Gasteiger partial charge in [-0.3, -0.25) is 0 Å². The predicted octanol–water partition coefficient (Wildman–Crippen LogP) is 4.03. The van der Waals surface area contributed by atoms with Gasteiger partial charge in [0, 0.05) is 6.54 Å². The molecule has 19 heavy (non-hydrogen) atoms. The predicted molar refractivity (Wildman–Crippen MR) is 79.5 cm³/mol. The SMILES string of the molecule is CC(C)CONCc1ccc(-c2ccccc2)cc1. The zero-order valence-corrected chi connectivity index (χ0v) is 11.6. The number of hydrogen-bond acceptors (Lipinski definition) is 2. The van der Waals surface area contributed by atoms with Gasteiger partial charge in [0.15, 0.2) is 0 Å². The molecule has 0 spiro atoms. The second-order valence-electron chi connectivity index (χ2n) is 5.09. The van der Waals surface area contributed by atoms with Crippen molar-refractivity contribution < 1.29 is 4.84 Å². The molecule has 0 aliphatic rings. The Morgan fingerprint density at radius 2 is 1.53 bits per heavy atom. The second-order valence-corrected chi connectivity index (χ2v) is 5.09. The van der Waals surface area contributed by atoms with E-state index in [0.29, 0.717) is 5.92 Å². The molecule has 0 aliphatic carbocycles. The summed E-state index contributed by atoms with van der Waals surface area (Å²) in [5, 5.41) is 0. The number of benzene rings is 2. The lowest BCUT2D eigenvalue weighted by Gasteiger charge is -2.08. The lowest BCUT2D eigenvalue weighted by molar-refractivity contribution is 0.0196. The van der Waals surface area contributed by atoms with Crippen LogP contribution in [0.4, 0.5) is 0 Å². The van der Waals surface area contributed by atoms with Crippen LogP contribution in [0.1, 0.15) is 19.4 Å². The molecule has 100 valence electrons. The van der Waals surface area contributed by atoms with Crippen LogP contribution in [0.2, 0.25) is 0 Å². The zero-order chi connectivity index (χ0) is 13.5. The van der Waals surface area contributed by atoms with Crippen molar-refractivity contribution in [2.45, 2.75) is 20.4 Å². The van der Waals surface area contributed by atoms with E-state index in [2.05, 4.69) is 67.9 Å². The number of rotatable bonds is 6. The van der Waals surface area contributed by atoms with Crippen LogP contribution in [0.3, 0.4) is 0 Å². The molecule has 0 bridgehead atoms. The van der Waals surface area contributed by atoms with Gasteiger partial charge in [0.2, 0.25) is 0 Å². The fraction of sp³-hybridized carbons (Fsp3) is 0.294. The Labute approximate surface area is 115 Å². The van der Waals surface area contributed by atoms with E-state index in [1.54, 1.807) is 0 Å². The first-order chi connectivity index (χ1) is 9.25. The van der Waals surface area contributed by atoms with Gasteiger partial charge in [-0.1, -0.05) is 68.4 Å². The number of nitrogens with one attached hydrogen (secondary N) is 1. The number of hydrogen-bond donors (Lipinski definition) is 1. The number of hydroxylamine groups is 1. The molecule has 1 N–H and O–H groups in total. The minimum Gasteiger partial charge on any atom is -0.301 e. The van der Waals surface area contributed by atoms with Crippen LogP contribution in [0.15, 0.2) is 54.6 Å². The van der Waals surface area contributed by atoms with E-state index >= 15 is 0 Å². The maximum absolute atomic E-state index is 5.36. The first-order valence-electron chi connectivity index (χ1n) is 6.74. The lowest BCUT2D eigenvalue weighted by atomic mass is 10.0. The highest BCUT2D eigenvalue weighted by Crippen LogP contribution is 2.19. The highest BCUT2D eigenvalue weighted by Gasteiger charge is 1.98. The van der Waals surface area contributed by atoms with Crippen LogP contribution < -0.4 is 5.48 Å². The lowest BCUT2D eigenvalue weighted by Crippen LogP contribution is -2.17. The third-order valence-corrected chi connectivity index (χ3v) is 2.86. The van der Waals surface area contributed by atoms with E-state index in [-0.39, 0.29) is 0 Å². The van der Waals surface area contributed by atoms with Crippen LogP contribution >= 0.6 is 0 Å². The molecule has 2 heteroatoms. The Morgan fingerprint density at radius 3 is 2.16 bits per heavy atom. The minimum atomic E-state index is 0.549. The Hall–Kier alpha value is -1.64. The smallest absolute Gasteiger partial charge is 0.0705 e. The van der Waals surface area contributed by atoms with Crippen molar-refractivity contribution in [1.82, 2.24) is 5.48 Å². The minimum absolute atomic E-state index is 0.549. The topological polar surface area (TPSA) is 21.3 Å². The van der Waals surface area contributed by atoms with E-state index in [4.69, 9.17) is 4.84 Å². The maximum Gasteiger partial charge on any atom is 0.0705 e. The highest BCUT2D eigenvalue weighted by molar-refractivity contribution is 5.63. The molecule has 2 rings (SSSR count). The Morgan fingerprint density at radius 1 is 0.895 bits per heavy atom. The van der Waals surface area contributed by atoms with Gasteiger partial charge in [-0.25, -0.2) is 0 Å². The summed E-state index contributed by atoms with van der Waals surface area (Å²) in [5.74, 6) is 0.549. The second kappa shape index (κ2) is 7.07. The molecule has 0 atom stereocenters. The normalized spacial score (nSPS) is 10.9. The van der Waals surface area contributed by atoms with Gasteiger partial charge < -0.3 is 4.84 Å². The highest BCUT2D eigenvalue weighted by atomic mass is 16.6. The van der Waals surface area contributed by atoms with Gasteiger partial charge in [-0.15, -0.1) is 0 Å². The van der Waals surface area contributed by atoms with Crippen molar-refractivity contribution in [3.63, 3.8) is 0 Å². The molecule has 0 aliphatic heterocycles. The molecule has 0 radical (unpaired) electrons. The quantitative estimate of drug-likeness (QED) is 0.621. The fourth-order valence-corrected chi connectivity index (χ4v) is 1.81. The zero-order valence-electron chi connectivity index (χ0n) is 11.6. The molecule has 2 aromatic rings. The van der Waals surface area contributed by atoms with Crippen LogP contribution in [0, 0.1) is 5.92 Å². The van der Waals surface area contributed by atoms with Crippen LogP contribution in [0.5, 0.6) is 0 Å². The summed E-state index contributed by atoms with van der Waals surface area (Å²) in [7, 11) is 0. The van der Waals surface area contributed by atoms with E-state index < -0.39 is 0 Å². The summed E-state index contributed by atoms with van der Waals surface area (Å²) < 4.78 is 0. The molecule has 0 saturated heterocycles. The van der Waals surface area contributed by atoms with E-state index in [9.17, 15) is 0 Å². The van der Waals surface area contributed by atoms with Crippen molar-refractivity contribution in [1.29, 1.82) is 0 Å². The molecule has 2 aromatic carbocycles. The molecule has 0 heterocycles.